The molecule has 1 aromatic carbocycles. The maximum atomic E-state index is 12.3. The second kappa shape index (κ2) is 7.17. The molecule has 0 saturated carbocycles. The molecule has 1 unspecified atom stereocenters. The van der Waals surface area contributed by atoms with Crippen molar-refractivity contribution in [3.63, 3.8) is 0 Å². The van der Waals surface area contributed by atoms with Crippen LogP contribution in [0.15, 0.2) is 30.9 Å². The fourth-order valence-corrected chi connectivity index (χ4v) is 2.22. The molecule has 2 rings (SSSR count). The fourth-order valence-electron chi connectivity index (χ4n) is 2.22. The third-order valence-corrected chi connectivity index (χ3v) is 3.51. The molecule has 1 atom stereocenters. The number of amides is 1. The minimum absolute atomic E-state index is 0.0421. The number of aryl methyl sites for hydroxylation is 1. The summed E-state index contributed by atoms with van der Waals surface area (Å²) in [5, 5.41) is 7.14. The summed E-state index contributed by atoms with van der Waals surface area (Å²) in [6, 6.07) is 5.73. The van der Waals surface area contributed by atoms with E-state index in [0.29, 0.717) is 5.56 Å². The lowest BCUT2D eigenvalue weighted by molar-refractivity contribution is 0.0936. The van der Waals surface area contributed by atoms with Gasteiger partial charge in [0.15, 0.2) is 0 Å². The summed E-state index contributed by atoms with van der Waals surface area (Å²) in [6.45, 7) is 4.94. The summed E-state index contributed by atoms with van der Waals surface area (Å²) in [6.07, 6.45) is 4.06. The van der Waals surface area contributed by atoms with Crippen molar-refractivity contribution >= 4 is 5.91 Å². The lowest BCUT2D eigenvalue weighted by Gasteiger charge is -2.17. The zero-order chi connectivity index (χ0) is 16.1. The number of hydrogen-bond acceptors (Lipinski definition) is 4. The van der Waals surface area contributed by atoms with E-state index in [9.17, 15) is 4.79 Å². The maximum Gasteiger partial charge on any atom is 0.251 e. The number of rotatable bonds is 6. The van der Waals surface area contributed by atoms with Crippen molar-refractivity contribution in [3.8, 4) is 5.69 Å². The van der Waals surface area contributed by atoms with Crippen LogP contribution in [0.3, 0.4) is 0 Å². The highest BCUT2D eigenvalue weighted by atomic mass is 16.1. The zero-order valence-electron chi connectivity index (χ0n) is 13.6. The smallest absolute Gasteiger partial charge is 0.251 e. The summed E-state index contributed by atoms with van der Waals surface area (Å²) >= 11 is 0. The predicted molar refractivity (Wildman–Crippen MR) is 86.2 cm³/mol. The van der Waals surface area contributed by atoms with Gasteiger partial charge >= 0.3 is 0 Å². The molecule has 118 valence electrons. The van der Waals surface area contributed by atoms with Crippen molar-refractivity contribution in [3.05, 3.63) is 42.0 Å². The Labute approximate surface area is 131 Å². The van der Waals surface area contributed by atoms with Crippen LogP contribution in [-0.4, -0.2) is 52.3 Å². The molecule has 1 heterocycles. The number of nitrogens with one attached hydrogen (secondary N) is 1. The van der Waals surface area contributed by atoms with Crippen molar-refractivity contribution in [1.82, 2.24) is 25.0 Å². The monoisotopic (exact) mass is 301 g/mol. The van der Waals surface area contributed by atoms with E-state index in [0.717, 1.165) is 24.2 Å². The normalized spacial score (nSPS) is 12.4. The lowest BCUT2D eigenvalue weighted by Crippen LogP contribution is -2.34. The second-order valence-electron chi connectivity index (χ2n) is 5.81. The second-order valence-corrected chi connectivity index (χ2v) is 5.81. The van der Waals surface area contributed by atoms with Crippen molar-refractivity contribution in [2.45, 2.75) is 26.3 Å². The van der Waals surface area contributed by atoms with E-state index in [-0.39, 0.29) is 11.9 Å². The highest BCUT2D eigenvalue weighted by Crippen LogP contribution is 2.14. The molecule has 0 aliphatic carbocycles. The minimum Gasteiger partial charge on any atom is -0.350 e. The Balaban J connectivity index is 2.03. The van der Waals surface area contributed by atoms with Crippen molar-refractivity contribution in [1.29, 1.82) is 0 Å². The molecule has 1 amide bonds. The van der Waals surface area contributed by atoms with Gasteiger partial charge in [-0.3, -0.25) is 4.79 Å². The maximum absolute atomic E-state index is 12.3. The number of hydrogen-bond donors (Lipinski definition) is 1. The first-order valence-corrected chi connectivity index (χ1v) is 7.38. The van der Waals surface area contributed by atoms with E-state index in [1.807, 2.05) is 46.1 Å². The highest BCUT2D eigenvalue weighted by molar-refractivity contribution is 5.94. The van der Waals surface area contributed by atoms with Gasteiger partial charge in [0.1, 0.15) is 12.7 Å². The Bertz CT molecular complexity index is 621. The quantitative estimate of drug-likeness (QED) is 0.881. The Morgan fingerprint density at radius 3 is 2.77 bits per heavy atom. The van der Waals surface area contributed by atoms with E-state index >= 15 is 0 Å². The van der Waals surface area contributed by atoms with Crippen molar-refractivity contribution in [2.24, 2.45) is 0 Å². The molecule has 0 radical (unpaired) electrons. The van der Waals surface area contributed by atoms with E-state index in [1.54, 1.807) is 11.0 Å². The minimum atomic E-state index is -0.0421. The molecule has 6 heteroatoms. The Morgan fingerprint density at radius 1 is 1.41 bits per heavy atom. The van der Waals surface area contributed by atoms with E-state index in [1.165, 1.54) is 6.33 Å². The summed E-state index contributed by atoms with van der Waals surface area (Å²) < 4.78 is 1.69. The van der Waals surface area contributed by atoms with Gasteiger partial charge in [-0.15, -0.1) is 0 Å². The van der Waals surface area contributed by atoms with Gasteiger partial charge in [-0.25, -0.2) is 9.67 Å². The van der Waals surface area contributed by atoms with Crippen molar-refractivity contribution < 1.29 is 4.79 Å². The SMILES string of the molecule is Cc1cc(C(=O)NC(C)CCN(C)C)ccc1-n1cncn1. The van der Waals surface area contributed by atoms with Gasteiger partial charge in [0.05, 0.1) is 5.69 Å². The van der Waals surface area contributed by atoms with Crippen LogP contribution in [0.25, 0.3) is 5.69 Å². The van der Waals surface area contributed by atoms with Gasteiger partial charge in [-0.2, -0.15) is 5.10 Å². The Morgan fingerprint density at radius 2 is 2.18 bits per heavy atom. The molecule has 0 aliphatic heterocycles. The summed E-state index contributed by atoms with van der Waals surface area (Å²) in [7, 11) is 4.06. The van der Waals surface area contributed by atoms with Gasteiger partial charge in [-0.1, -0.05) is 0 Å². The molecule has 22 heavy (non-hydrogen) atoms. The van der Waals surface area contributed by atoms with Gasteiger partial charge < -0.3 is 10.2 Å². The molecule has 2 aromatic rings. The summed E-state index contributed by atoms with van der Waals surface area (Å²) in [5.74, 6) is -0.0421. The third kappa shape index (κ3) is 4.14. The largest absolute Gasteiger partial charge is 0.350 e. The lowest BCUT2D eigenvalue weighted by atomic mass is 10.1. The van der Waals surface area contributed by atoms with Crippen LogP contribution < -0.4 is 5.32 Å². The number of carbonyl (C=O) groups excluding carboxylic acids is 1. The molecule has 6 nitrogen and oxygen atoms in total. The van der Waals surface area contributed by atoms with Crippen LogP contribution in [0.2, 0.25) is 0 Å². The Kier molecular flexibility index (Phi) is 5.27. The predicted octanol–water partition coefficient (Wildman–Crippen LogP) is 1.65. The highest BCUT2D eigenvalue weighted by Gasteiger charge is 2.12. The topological polar surface area (TPSA) is 63.1 Å². The van der Waals surface area contributed by atoms with Gasteiger partial charge in [0.2, 0.25) is 0 Å². The van der Waals surface area contributed by atoms with Gasteiger partial charge in [-0.05, 0) is 64.7 Å². The first-order valence-electron chi connectivity index (χ1n) is 7.38. The van der Waals surface area contributed by atoms with Crippen LogP contribution in [0.4, 0.5) is 0 Å². The number of benzene rings is 1. The summed E-state index contributed by atoms with van der Waals surface area (Å²) in [5.41, 5.74) is 2.58. The van der Waals surface area contributed by atoms with Crippen molar-refractivity contribution in [2.75, 3.05) is 20.6 Å². The van der Waals surface area contributed by atoms with Crippen LogP contribution in [0.5, 0.6) is 0 Å². The standard InChI is InChI=1S/C16H23N5O/c1-12-9-14(5-6-15(12)21-11-17-10-18-21)16(22)19-13(2)7-8-20(3)4/h5-6,9-11,13H,7-8H2,1-4H3,(H,19,22). The Hall–Kier alpha value is -2.21. The molecule has 0 fully saturated rings. The van der Waals surface area contributed by atoms with Gasteiger partial charge in [0, 0.05) is 11.6 Å². The van der Waals surface area contributed by atoms with E-state index < -0.39 is 0 Å². The molecular formula is C16H23N5O. The fraction of sp³-hybridized carbons (Fsp3) is 0.438. The van der Waals surface area contributed by atoms with Crippen LogP contribution >= 0.6 is 0 Å². The average Bonchev–Trinajstić information content (AvgIpc) is 2.98. The number of carbonyl (C=O) groups is 1. The molecule has 0 spiro atoms. The molecule has 0 saturated heterocycles. The van der Waals surface area contributed by atoms with Crippen LogP contribution in [0, 0.1) is 6.92 Å². The molecule has 0 aliphatic rings. The summed E-state index contributed by atoms with van der Waals surface area (Å²) in [4.78, 5) is 18.3. The van der Waals surface area contributed by atoms with E-state index in [2.05, 4.69) is 20.3 Å². The van der Waals surface area contributed by atoms with Crippen LogP contribution in [0.1, 0.15) is 29.3 Å². The first-order chi connectivity index (χ1) is 10.5. The van der Waals surface area contributed by atoms with E-state index in [4.69, 9.17) is 0 Å². The third-order valence-electron chi connectivity index (χ3n) is 3.51. The molecular weight excluding hydrogens is 278 g/mol. The van der Waals surface area contributed by atoms with Crippen LogP contribution in [-0.2, 0) is 0 Å². The van der Waals surface area contributed by atoms with Gasteiger partial charge in [0.25, 0.3) is 5.91 Å². The number of aromatic nitrogens is 3. The first kappa shape index (κ1) is 16.2. The average molecular weight is 301 g/mol. The molecule has 0 bridgehead atoms. The number of nitrogens with zero attached hydrogens (tertiary/aromatic N) is 4. The zero-order valence-corrected chi connectivity index (χ0v) is 13.6. The molecule has 1 aromatic heterocycles. The molecule has 1 N–H and O–H groups in total.